The Morgan fingerprint density at radius 3 is 2.76 bits per heavy atom. The van der Waals surface area contributed by atoms with E-state index in [0.29, 0.717) is 41.8 Å². The van der Waals surface area contributed by atoms with E-state index in [9.17, 15) is 9.18 Å². The predicted octanol–water partition coefficient (Wildman–Crippen LogP) is 5.38. The number of ether oxygens (including phenoxy) is 1. The number of hydrogen-bond acceptors (Lipinski definition) is 5. The molecule has 1 unspecified atom stereocenters. The number of nitrogens with one attached hydrogen (secondary N) is 1. The second-order valence-corrected chi connectivity index (χ2v) is 8.04. The zero-order valence-electron chi connectivity index (χ0n) is 18.2. The third-order valence-electron chi connectivity index (χ3n) is 5.26. The minimum Gasteiger partial charge on any atom is -0.462 e. The maximum Gasteiger partial charge on any atom is 0.341 e. The molecule has 0 bridgehead atoms. The highest BCUT2D eigenvalue weighted by atomic mass is 35.5. The standard InChI is InChI=1S/C25H24ClFN4O2/c1-2-33-25(32)21-14-29-24-20(23(21)28-12-11-17-7-6-10-19(27)13-17)15-30-31(24)16-22(26)18-8-4-3-5-9-18/h3-10,13-15,22H,2,11-12,16H2,1H3,(H,28,29). The highest BCUT2D eigenvalue weighted by Gasteiger charge is 2.20. The van der Waals surface area contributed by atoms with Crippen molar-refractivity contribution in [3.05, 3.63) is 89.5 Å². The van der Waals surface area contributed by atoms with Crippen LogP contribution in [0.5, 0.6) is 0 Å². The summed E-state index contributed by atoms with van der Waals surface area (Å²) in [5.41, 5.74) is 3.37. The summed E-state index contributed by atoms with van der Waals surface area (Å²) in [6.45, 7) is 2.92. The topological polar surface area (TPSA) is 69.0 Å². The number of aromatic nitrogens is 3. The first-order valence-corrected chi connectivity index (χ1v) is 11.2. The minimum absolute atomic E-state index is 0.254. The first kappa shape index (κ1) is 22.7. The molecule has 0 radical (unpaired) electrons. The van der Waals surface area contributed by atoms with E-state index >= 15 is 0 Å². The van der Waals surface area contributed by atoms with Crippen LogP contribution in [-0.4, -0.2) is 33.9 Å². The van der Waals surface area contributed by atoms with Gasteiger partial charge in [-0.1, -0.05) is 42.5 Å². The lowest BCUT2D eigenvalue weighted by Gasteiger charge is -2.14. The van der Waals surface area contributed by atoms with Gasteiger partial charge < -0.3 is 10.1 Å². The molecule has 2 aromatic carbocycles. The van der Waals surface area contributed by atoms with Gasteiger partial charge in [0.1, 0.15) is 11.4 Å². The number of carbonyl (C=O) groups excluding carboxylic acids is 1. The number of pyridine rings is 1. The molecule has 0 spiro atoms. The maximum absolute atomic E-state index is 13.5. The Kier molecular flexibility index (Phi) is 7.19. The van der Waals surface area contributed by atoms with E-state index in [2.05, 4.69) is 15.4 Å². The molecule has 0 fully saturated rings. The average Bonchev–Trinajstić information content (AvgIpc) is 3.23. The molecule has 2 aromatic heterocycles. The van der Waals surface area contributed by atoms with Crippen LogP contribution < -0.4 is 5.32 Å². The van der Waals surface area contributed by atoms with Gasteiger partial charge in [0, 0.05) is 12.7 Å². The smallest absolute Gasteiger partial charge is 0.341 e. The molecular formula is C25H24ClFN4O2. The van der Waals surface area contributed by atoms with E-state index in [1.54, 1.807) is 23.9 Å². The van der Waals surface area contributed by atoms with Crippen LogP contribution in [0, 0.1) is 5.82 Å². The third-order valence-corrected chi connectivity index (χ3v) is 5.65. The minimum atomic E-state index is -0.465. The fourth-order valence-electron chi connectivity index (χ4n) is 3.66. The molecule has 0 saturated carbocycles. The largest absolute Gasteiger partial charge is 0.462 e. The highest BCUT2D eigenvalue weighted by molar-refractivity contribution is 6.20. The summed E-state index contributed by atoms with van der Waals surface area (Å²) < 4.78 is 20.4. The van der Waals surface area contributed by atoms with E-state index in [0.717, 1.165) is 11.1 Å². The first-order valence-electron chi connectivity index (χ1n) is 10.8. The Morgan fingerprint density at radius 1 is 1.18 bits per heavy atom. The van der Waals surface area contributed by atoms with Crippen molar-refractivity contribution in [2.75, 3.05) is 18.5 Å². The van der Waals surface area contributed by atoms with Gasteiger partial charge in [-0.05, 0) is 36.6 Å². The molecule has 4 aromatic rings. The van der Waals surface area contributed by atoms with Gasteiger partial charge in [-0.3, -0.25) is 0 Å². The third kappa shape index (κ3) is 5.31. The van der Waals surface area contributed by atoms with Crippen LogP contribution in [-0.2, 0) is 17.7 Å². The van der Waals surface area contributed by atoms with Gasteiger partial charge in [0.25, 0.3) is 0 Å². The summed E-state index contributed by atoms with van der Waals surface area (Å²) in [5, 5.41) is 8.19. The lowest BCUT2D eigenvalue weighted by atomic mass is 10.1. The van der Waals surface area contributed by atoms with Crippen molar-refractivity contribution in [3.8, 4) is 0 Å². The second kappa shape index (κ2) is 10.4. The number of alkyl halides is 1. The number of hydrogen-bond donors (Lipinski definition) is 1. The zero-order valence-corrected chi connectivity index (χ0v) is 18.9. The molecule has 0 aliphatic carbocycles. The van der Waals surface area contributed by atoms with Crippen LogP contribution >= 0.6 is 11.6 Å². The Labute approximate surface area is 196 Å². The van der Waals surface area contributed by atoms with E-state index in [1.165, 1.54) is 18.3 Å². The van der Waals surface area contributed by atoms with E-state index in [4.69, 9.17) is 16.3 Å². The van der Waals surface area contributed by atoms with Crippen LogP contribution in [0.15, 0.2) is 67.0 Å². The molecule has 170 valence electrons. The Morgan fingerprint density at radius 2 is 2.00 bits per heavy atom. The summed E-state index contributed by atoms with van der Waals surface area (Å²) in [6.07, 6.45) is 3.74. The normalized spacial score (nSPS) is 12.0. The second-order valence-electron chi connectivity index (χ2n) is 7.52. The quantitative estimate of drug-likeness (QED) is 0.265. The summed E-state index contributed by atoms with van der Waals surface area (Å²) in [4.78, 5) is 17.0. The van der Waals surface area contributed by atoms with Crippen molar-refractivity contribution < 1.29 is 13.9 Å². The van der Waals surface area contributed by atoms with E-state index in [1.807, 2.05) is 36.4 Å². The molecule has 2 heterocycles. The highest BCUT2D eigenvalue weighted by Crippen LogP contribution is 2.29. The fourth-order valence-corrected chi connectivity index (χ4v) is 3.93. The molecule has 0 aliphatic rings. The van der Waals surface area contributed by atoms with Crippen LogP contribution in [0.4, 0.5) is 10.1 Å². The molecule has 0 saturated heterocycles. The molecule has 1 N–H and O–H groups in total. The average molecular weight is 467 g/mol. The van der Waals surface area contributed by atoms with Gasteiger partial charge in [-0.2, -0.15) is 5.10 Å². The van der Waals surface area contributed by atoms with Crippen molar-refractivity contribution >= 4 is 34.3 Å². The number of anilines is 1. The van der Waals surface area contributed by atoms with E-state index in [-0.39, 0.29) is 17.8 Å². The Balaban J connectivity index is 1.61. The van der Waals surface area contributed by atoms with Crippen LogP contribution in [0.25, 0.3) is 11.0 Å². The first-order chi connectivity index (χ1) is 16.1. The molecule has 8 heteroatoms. The van der Waals surface area contributed by atoms with Crippen molar-refractivity contribution in [2.45, 2.75) is 25.3 Å². The molecule has 0 aliphatic heterocycles. The Hall–Kier alpha value is -3.45. The van der Waals surface area contributed by atoms with Gasteiger partial charge in [0.05, 0.1) is 35.8 Å². The summed E-state index contributed by atoms with van der Waals surface area (Å²) in [6, 6.07) is 16.2. The number of rotatable bonds is 9. The monoisotopic (exact) mass is 466 g/mol. The van der Waals surface area contributed by atoms with Crippen molar-refractivity contribution in [1.29, 1.82) is 0 Å². The summed E-state index contributed by atoms with van der Waals surface area (Å²) >= 11 is 6.62. The van der Waals surface area contributed by atoms with Gasteiger partial charge in [0.2, 0.25) is 0 Å². The Bertz CT molecular complexity index is 1250. The van der Waals surface area contributed by atoms with E-state index < -0.39 is 5.97 Å². The number of nitrogens with zero attached hydrogens (tertiary/aromatic N) is 3. The molecule has 6 nitrogen and oxygen atoms in total. The van der Waals surface area contributed by atoms with Crippen LogP contribution in [0.1, 0.15) is 33.8 Å². The van der Waals surface area contributed by atoms with Gasteiger partial charge >= 0.3 is 5.97 Å². The maximum atomic E-state index is 13.5. The number of fused-ring (bicyclic) bond motifs is 1. The molecule has 0 amide bonds. The molecule has 4 rings (SSSR count). The summed E-state index contributed by atoms with van der Waals surface area (Å²) in [7, 11) is 0. The lowest BCUT2D eigenvalue weighted by molar-refractivity contribution is 0.0527. The van der Waals surface area contributed by atoms with Gasteiger partial charge in [-0.25, -0.2) is 18.9 Å². The number of halogens is 2. The number of esters is 1. The molecular weight excluding hydrogens is 443 g/mol. The summed E-state index contributed by atoms with van der Waals surface area (Å²) in [5.74, 6) is -0.742. The van der Waals surface area contributed by atoms with Crippen LogP contribution in [0.3, 0.4) is 0 Å². The zero-order chi connectivity index (χ0) is 23.2. The van der Waals surface area contributed by atoms with Gasteiger partial charge in [-0.15, -0.1) is 11.6 Å². The van der Waals surface area contributed by atoms with Crippen molar-refractivity contribution in [1.82, 2.24) is 14.8 Å². The lowest BCUT2D eigenvalue weighted by Crippen LogP contribution is -2.13. The predicted molar refractivity (Wildman–Crippen MR) is 127 cm³/mol. The molecule has 33 heavy (non-hydrogen) atoms. The van der Waals surface area contributed by atoms with Crippen LogP contribution in [0.2, 0.25) is 0 Å². The van der Waals surface area contributed by atoms with Gasteiger partial charge in [0.15, 0.2) is 5.65 Å². The van der Waals surface area contributed by atoms with Crippen molar-refractivity contribution in [3.63, 3.8) is 0 Å². The van der Waals surface area contributed by atoms with Crippen molar-refractivity contribution in [2.24, 2.45) is 0 Å². The fraction of sp³-hybridized carbons (Fsp3) is 0.240. The number of carbonyl (C=O) groups is 1. The molecule has 1 atom stereocenters. The number of benzene rings is 2. The SMILES string of the molecule is CCOC(=O)c1cnc2c(cnn2CC(Cl)c2ccccc2)c1NCCc1cccc(F)c1.